The van der Waals surface area contributed by atoms with Crippen LogP contribution in [0.5, 0.6) is 5.75 Å². The average Bonchev–Trinajstić information content (AvgIpc) is 2.73. The quantitative estimate of drug-likeness (QED) is 0.602. The summed E-state index contributed by atoms with van der Waals surface area (Å²) >= 11 is 0. The third-order valence-electron chi connectivity index (χ3n) is 4.16. The van der Waals surface area contributed by atoms with E-state index < -0.39 is 23.6 Å². The number of alkyl halides is 3. The highest BCUT2D eigenvalue weighted by Gasteiger charge is 2.30. The number of carbonyl (C=O) groups is 2. The van der Waals surface area contributed by atoms with Gasteiger partial charge in [0.2, 0.25) is 0 Å². The molecule has 0 aliphatic heterocycles. The van der Waals surface area contributed by atoms with Crippen LogP contribution < -0.4 is 15.4 Å². The van der Waals surface area contributed by atoms with Crippen LogP contribution in [0.4, 0.5) is 24.5 Å². The average molecular weight is 414 g/mol. The summed E-state index contributed by atoms with van der Waals surface area (Å²) in [6.45, 7) is 0. The second-order valence-electron chi connectivity index (χ2n) is 6.30. The van der Waals surface area contributed by atoms with Gasteiger partial charge in [-0.15, -0.1) is 0 Å². The maximum Gasteiger partial charge on any atom is 0.416 e. The fraction of sp³-hybridized carbons (Fsp3) is 0.0909. The molecule has 0 unspecified atom stereocenters. The van der Waals surface area contributed by atoms with E-state index in [2.05, 4.69) is 10.6 Å². The molecule has 0 atom stereocenters. The fourth-order valence-electron chi connectivity index (χ4n) is 2.68. The highest BCUT2D eigenvalue weighted by molar-refractivity contribution is 6.07. The standard InChI is InChI=1S/C22H17F3N2O3/c1-30-19-10-3-6-15(12-19)21(29)26-17-8-2-5-14(11-17)20(28)27-18-9-4-7-16(13-18)22(23,24)25/h2-13H,1H3,(H,26,29)(H,27,28). The lowest BCUT2D eigenvalue weighted by Gasteiger charge is -2.11. The van der Waals surface area contributed by atoms with E-state index in [9.17, 15) is 22.8 Å². The summed E-state index contributed by atoms with van der Waals surface area (Å²) < 4.78 is 43.6. The topological polar surface area (TPSA) is 67.4 Å². The van der Waals surface area contributed by atoms with Gasteiger partial charge in [-0.25, -0.2) is 0 Å². The van der Waals surface area contributed by atoms with Gasteiger partial charge in [0.1, 0.15) is 5.75 Å². The number of hydrogen-bond donors (Lipinski definition) is 2. The lowest BCUT2D eigenvalue weighted by atomic mass is 10.1. The number of benzene rings is 3. The lowest BCUT2D eigenvalue weighted by molar-refractivity contribution is -0.137. The summed E-state index contributed by atoms with van der Waals surface area (Å²) in [4.78, 5) is 24.9. The summed E-state index contributed by atoms with van der Waals surface area (Å²) in [6, 6.07) is 17.0. The van der Waals surface area contributed by atoms with Crippen molar-refractivity contribution in [1.29, 1.82) is 0 Å². The summed E-state index contributed by atoms with van der Waals surface area (Å²) in [5.74, 6) is -0.479. The van der Waals surface area contributed by atoms with E-state index in [1.54, 1.807) is 36.4 Å². The Kier molecular flexibility index (Phi) is 6.06. The van der Waals surface area contributed by atoms with Crippen LogP contribution in [-0.4, -0.2) is 18.9 Å². The van der Waals surface area contributed by atoms with Crippen LogP contribution in [0.25, 0.3) is 0 Å². The number of anilines is 2. The number of nitrogens with one attached hydrogen (secondary N) is 2. The number of halogens is 3. The highest BCUT2D eigenvalue weighted by atomic mass is 19.4. The molecule has 3 rings (SSSR count). The van der Waals surface area contributed by atoms with E-state index in [0.29, 0.717) is 17.0 Å². The molecule has 5 nitrogen and oxygen atoms in total. The molecule has 154 valence electrons. The third kappa shape index (κ3) is 5.16. The van der Waals surface area contributed by atoms with Gasteiger partial charge in [0.15, 0.2) is 0 Å². The molecule has 3 aromatic rings. The van der Waals surface area contributed by atoms with Gasteiger partial charge in [-0.3, -0.25) is 9.59 Å². The van der Waals surface area contributed by atoms with E-state index in [1.165, 1.54) is 31.4 Å². The first-order valence-corrected chi connectivity index (χ1v) is 8.80. The molecule has 8 heteroatoms. The monoisotopic (exact) mass is 414 g/mol. The van der Waals surface area contributed by atoms with E-state index in [4.69, 9.17) is 4.74 Å². The van der Waals surface area contributed by atoms with Crippen LogP contribution >= 0.6 is 0 Å². The molecule has 0 heterocycles. The Bertz CT molecular complexity index is 1080. The van der Waals surface area contributed by atoms with E-state index in [1.807, 2.05) is 0 Å². The number of amides is 2. The summed E-state index contributed by atoms with van der Waals surface area (Å²) in [5.41, 5.74) is 0.0591. The molecule has 0 aromatic heterocycles. The van der Waals surface area contributed by atoms with Gasteiger partial charge < -0.3 is 15.4 Å². The molecule has 0 saturated heterocycles. The van der Waals surface area contributed by atoms with Crippen LogP contribution in [-0.2, 0) is 6.18 Å². The molecular weight excluding hydrogens is 397 g/mol. The Hall–Kier alpha value is -3.81. The molecule has 0 saturated carbocycles. The first-order chi connectivity index (χ1) is 14.3. The van der Waals surface area contributed by atoms with Gasteiger partial charge in [-0.1, -0.05) is 18.2 Å². The van der Waals surface area contributed by atoms with Crippen molar-refractivity contribution in [1.82, 2.24) is 0 Å². The first kappa shape index (κ1) is 20.9. The van der Waals surface area contributed by atoms with Crippen LogP contribution in [0, 0.1) is 0 Å². The second-order valence-corrected chi connectivity index (χ2v) is 6.30. The van der Waals surface area contributed by atoms with Crippen molar-refractivity contribution in [3.8, 4) is 5.75 Å². The van der Waals surface area contributed by atoms with Gasteiger partial charge in [0.25, 0.3) is 11.8 Å². The minimum absolute atomic E-state index is 0.0145. The van der Waals surface area contributed by atoms with Crippen molar-refractivity contribution in [3.05, 3.63) is 89.5 Å². The first-order valence-electron chi connectivity index (χ1n) is 8.80. The van der Waals surface area contributed by atoms with Crippen molar-refractivity contribution in [2.45, 2.75) is 6.18 Å². The number of methoxy groups -OCH3 is 1. The van der Waals surface area contributed by atoms with Crippen molar-refractivity contribution in [3.63, 3.8) is 0 Å². The Morgan fingerprint density at radius 1 is 0.767 bits per heavy atom. The molecule has 0 aliphatic carbocycles. The summed E-state index contributed by atoms with van der Waals surface area (Å²) in [6.07, 6.45) is -4.51. The Morgan fingerprint density at radius 3 is 1.90 bits per heavy atom. The van der Waals surface area contributed by atoms with Crippen molar-refractivity contribution in [2.75, 3.05) is 17.7 Å². The number of rotatable bonds is 5. The zero-order valence-corrected chi connectivity index (χ0v) is 15.8. The molecule has 2 N–H and O–H groups in total. The third-order valence-corrected chi connectivity index (χ3v) is 4.16. The smallest absolute Gasteiger partial charge is 0.416 e. The van der Waals surface area contributed by atoms with Crippen molar-refractivity contribution in [2.24, 2.45) is 0 Å². The normalized spacial score (nSPS) is 10.9. The summed E-state index contributed by atoms with van der Waals surface area (Å²) in [5, 5.41) is 5.10. The molecule has 0 radical (unpaired) electrons. The lowest BCUT2D eigenvalue weighted by Crippen LogP contribution is -2.15. The molecule has 0 fully saturated rings. The second kappa shape index (κ2) is 8.69. The van der Waals surface area contributed by atoms with Crippen molar-refractivity contribution >= 4 is 23.2 Å². The van der Waals surface area contributed by atoms with Gasteiger partial charge in [0, 0.05) is 22.5 Å². The molecule has 0 aliphatic rings. The minimum atomic E-state index is -4.51. The van der Waals surface area contributed by atoms with E-state index in [-0.39, 0.29) is 11.3 Å². The van der Waals surface area contributed by atoms with Crippen molar-refractivity contribution < 1.29 is 27.5 Å². The number of ether oxygens (including phenoxy) is 1. The van der Waals surface area contributed by atoms with Crippen LogP contribution in [0.3, 0.4) is 0 Å². The molecule has 30 heavy (non-hydrogen) atoms. The molecular formula is C22H17F3N2O3. The Morgan fingerprint density at radius 2 is 1.30 bits per heavy atom. The predicted octanol–water partition coefficient (Wildman–Crippen LogP) is 5.22. The molecule has 2 amide bonds. The molecule has 3 aromatic carbocycles. The van der Waals surface area contributed by atoms with Gasteiger partial charge in [-0.2, -0.15) is 13.2 Å². The van der Waals surface area contributed by atoms with Gasteiger partial charge in [-0.05, 0) is 54.6 Å². The number of carbonyl (C=O) groups excluding carboxylic acids is 2. The predicted molar refractivity (Wildman–Crippen MR) is 107 cm³/mol. The maximum atomic E-state index is 12.8. The van der Waals surface area contributed by atoms with E-state index in [0.717, 1.165) is 12.1 Å². The highest BCUT2D eigenvalue weighted by Crippen LogP contribution is 2.30. The maximum absolute atomic E-state index is 12.8. The molecule has 0 bridgehead atoms. The summed E-state index contributed by atoms with van der Waals surface area (Å²) in [7, 11) is 1.49. The van der Waals surface area contributed by atoms with Gasteiger partial charge in [0.05, 0.1) is 12.7 Å². The number of hydrogen-bond acceptors (Lipinski definition) is 3. The zero-order valence-electron chi connectivity index (χ0n) is 15.8. The van der Waals surface area contributed by atoms with Crippen LogP contribution in [0.1, 0.15) is 26.3 Å². The van der Waals surface area contributed by atoms with E-state index >= 15 is 0 Å². The van der Waals surface area contributed by atoms with Crippen LogP contribution in [0.15, 0.2) is 72.8 Å². The Labute approximate surface area is 170 Å². The SMILES string of the molecule is COc1cccc(C(=O)Nc2cccc(C(=O)Nc3cccc(C(F)(F)F)c3)c2)c1. The molecule has 0 spiro atoms. The van der Waals surface area contributed by atoms with Gasteiger partial charge >= 0.3 is 6.18 Å². The van der Waals surface area contributed by atoms with Crippen LogP contribution in [0.2, 0.25) is 0 Å². The Balaban J connectivity index is 1.73. The zero-order chi connectivity index (χ0) is 21.7. The minimum Gasteiger partial charge on any atom is -0.497 e. The largest absolute Gasteiger partial charge is 0.497 e. The fourth-order valence-corrected chi connectivity index (χ4v) is 2.68.